The monoisotopic (exact) mass is 507 g/mol. The second kappa shape index (κ2) is 11.0. The van der Waals surface area contributed by atoms with E-state index in [0.29, 0.717) is 11.1 Å². The maximum Gasteiger partial charge on any atom is 0.337 e. The third-order valence-corrected chi connectivity index (χ3v) is 6.07. The van der Waals surface area contributed by atoms with E-state index in [-0.39, 0.29) is 45.0 Å². The molecular formula is C26H25N3O6S. The highest BCUT2D eigenvalue weighted by molar-refractivity contribution is 7.90. The maximum atomic E-state index is 12.0. The summed E-state index contributed by atoms with van der Waals surface area (Å²) in [5.74, 6) is -0.610. The number of phenolic OH excluding ortho intramolecular Hbond substituents is 2. The SMILES string of the molecule is CC.COC(=O)c1cccc(-c2nc(-c3ccccc3O)nc(-c3ccc(S(C)(=O)=O)cc3O)n2)c1. The number of hydrogen-bond donors (Lipinski definition) is 2. The van der Waals surface area contributed by atoms with Crippen LogP contribution in [0.5, 0.6) is 11.5 Å². The second-order valence-corrected chi connectivity index (χ2v) is 9.36. The molecule has 0 spiro atoms. The van der Waals surface area contributed by atoms with E-state index in [1.54, 1.807) is 42.5 Å². The van der Waals surface area contributed by atoms with Gasteiger partial charge in [0.15, 0.2) is 27.3 Å². The molecule has 0 saturated carbocycles. The molecule has 4 rings (SSSR count). The van der Waals surface area contributed by atoms with Crippen LogP contribution in [0.1, 0.15) is 24.2 Å². The Morgan fingerprint density at radius 3 is 1.97 bits per heavy atom. The van der Waals surface area contributed by atoms with E-state index in [4.69, 9.17) is 4.74 Å². The number of esters is 1. The van der Waals surface area contributed by atoms with Gasteiger partial charge in [0, 0.05) is 11.8 Å². The van der Waals surface area contributed by atoms with Crippen LogP contribution in [0, 0.1) is 0 Å². The van der Waals surface area contributed by atoms with Gasteiger partial charge in [-0.2, -0.15) is 0 Å². The van der Waals surface area contributed by atoms with Crippen molar-refractivity contribution in [1.82, 2.24) is 15.0 Å². The summed E-state index contributed by atoms with van der Waals surface area (Å²) in [4.78, 5) is 25.2. The van der Waals surface area contributed by atoms with Crippen LogP contribution >= 0.6 is 0 Å². The summed E-state index contributed by atoms with van der Waals surface area (Å²) < 4.78 is 28.5. The molecule has 0 unspecified atom stereocenters. The van der Waals surface area contributed by atoms with E-state index in [1.807, 2.05) is 13.8 Å². The molecule has 0 amide bonds. The van der Waals surface area contributed by atoms with Crippen molar-refractivity contribution in [2.75, 3.05) is 13.4 Å². The van der Waals surface area contributed by atoms with E-state index in [1.165, 1.54) is 25.3 Å². The molecule has 186 valence electrons. The Balaban J connectivity index is 0.00000176. The van der Waals surface area contributed by atoms with Crippen molar-refractivity contribution in [3.63, 3.8) is 0 Å². The number of carbonyl (C=O) groups excluding carboxylic acids is 1. The minimum atomic E-state index is -3.54. The van der Waals surface area contributed by atoms with Gasteiger partial charge in [0.2, 0.25) is 0 Å². The third-order valence-electron chi connectivity index (χ3n) is 4.96. The minimum absolute atomic E-state index is 0.0456. The van der Waals surface area contributed by atoms with E-state index < -0.39 is 15.8 Å². The summed E-state index contributed by atoms with van der Waals surface area (Å²) in [7, 11) is -2.26. The molecule has 1 aromatic heterocycles. The van der Waals surface area contributed by atoms with Gasteiger partial charge in [-0.1, -0.05) is 38.1 Å². The molecule has 0 fully saturated rings. The Morgan fingerprint density at radius 2 is 1.39 bits per heavy atom. The van der Waals surface area contributed by atoms with Gasteiger partial charge in [0.25, 0.3) is 0 Å². The normalized spacial score (nSPS) is 10.8. The smallest absolute Gasteiger partial charge is 0.337 e. The number of hydrogen-bond acceptors (Lipinski definition) is 9. The average molecular weight is 508 g/mol. The molecule has 2 N–H and O–H groups in total. The minimum Gasteiger partial charge on any atom is -0.507 e. The molecule has 10 heteroatoms. The number of methoxy groups -OCH3 is 1. The number of benzene rings is 3. The zero-order valence-corrected chi connectivity index (χ0v) is 20.9. The molecule has 0 atom stereocenters. The summed E-state index contributed by atoms with van der Waals surface area (Å²) in [6, 6.07) is 16.8. The zero-order chi connectivity index (χ0) is 26.5. The molecule has 36 heavy (non-hydrogen) atoms. The van der Waals surface area contributed by atoms with Crippen LogP contribution in [0.4, 0.5) is 0 Å². The van der Waals surface area contributed by atoms with E-state index in [0.717, 1.165) is 12.3 Å². The van der Waals surface area contributed by atoms with Crippen LogP contribution in [0.25, 0.3) is 34.2 Å². The molecule has 0 bridgehead atoms. The van der Waals surface area contributed by atoms with Gasteiger partial charge in [-0.3, -0.25) is 0 Å². The van der Waals surface area contributed by atoms with Crippen LogP contribution < -0.4 is 0 Å². The Hall–Kier alpha value is -4.31. The number of aromatic hydroxyl groups is 2. The lowest BCUT2D eigenvalue weighted by molar-refractivity contribution is 0.0600. The van der Waals surface area contributed by atoms with Crippen molar-refractivity contribution in [2.45, 2.75) is 18.7 Å². The zero-order valence-electron chi connectivity index (χ0n) is 20.1. The first kappa shape index (κ1) is 26.3. The molecular weight excluding hydrogens is 482 g/mol. The van der Waals surface area contributed by atoms with Crippen LogP contribution in [-0.2, 0) is 14.6 Å². The number of carbonyl (C=O) groups is 1. The number of phenols is 2. The average Bonchev–Trinajstić information content (AvgIpc) is 2.89. The number of nitrogens with zero attached hydrogens (tertiary/aromatic N) is 3. The lowest BCUT2D eigenvalue weighted by atomic mass is 10.1. The van der Waals surface area contributed by atoms with Crippen molar-refractivity contribution in [1.29, 1.82) is 0 Å². The highest BCUT2D eigenvalue weighted by atomic mass is 32.2. The van der Waals surface area contributed by atoms with Crippen LogP contribution in [0.2, 0.25) is 0 Å². The molecule has 9 nitrogen and oxygen atoms in total. The highest BCUT2D eigenvalue weighted by Gasteiger charge is 2.19. The van der Waals surface area contributed by atoms with Crippen molar-refractivity contribution in [3.05, 3.63) is 72.3 Å². The lowest BCUT2D eigenvalue weighted by Gasteiger charge is -2.11. The first-order valence-corrected chi connectivity index (χ1v) is 12.8. The standard InChI is InChI=1S/C24H19N3O6S.C2H6/c1-33-24(30)15-7-5-6-14(12-15)21-25-22(17-8-3-4-9-19(17)28)27-23(26-21)18-11-10-16(13-20(18)29)34(2,31)32;1-2/h3-13,28-29H,1-2H3;1-2H3. The Bertz CT molecular complexity index is 1520. The largest absolute Gasteiger partial charge is 0.507 e. The van der Waals surface area contributed by atoms with Crippen molar-refractivity contribution in [3.8, 4) is 45.7 Å². The second-order valence-electron chi connectivity index (χ2n) is 7.35. The van der Waals surface area contributed by atoms with Crippen LogP contribution in [-0.4, -0.2) is 52.9 Å². The Morgan fingerprint density at radius 1 is 0.778 bits per heavy atom. The van der Waals surface area contributed by atoms with Gasteiger partial charge in [0.1, 0.15) is 11.5 Å². The van der Waals surface area contributed by atoms with Gasteiger partial charge >= 0.3 is 5.97 Å². The van der Waals surface area contributed by atoms with E-state index in [9.17, 15) is 23.4 Å². The van der Waals surface area contributed by atoms with Gasteiger partial charge < -0.3 is 14.9 Å². The van der Waals surface area contributed by atoms with E-state index >= 15 is 0 Å². The quantitative estimate of drug-likeness (QED) is 0.374. The first-order chi connectivity index (χ1) is 17.2. The highest BCUT2D eigenvalue weighted by Crippen LogP contribution is 2.33. The predicted molar refractivity (Wildman–Crippen MR) is 135 cm³/mol. The molecule has 0 radical (unpaired) electrons. The van der Waals surface area contributed by atoms with Gasteiger partial charge in [-0.25, -0.2) is 28.2 Å². The summed E-state index contributed by atoms with van der Waals surface area (Å²) in [5, 5.41) is 20.9. The Labute approximate surface area is 209 Å². The Kier molecular flexibility index (Phi) is 8.00. The summed E-state index contributed by atoms with van der Waals surface area (Å²) in [6.07, 6.45) is 1.03. The number of para-hydroxylation sites is 1. The summed E-state index contributed by atoms with van der Waals surface area (Å²) >= 11 is 0. The molecule has 4 aromatic rings. The molecule has 3 aromatic carbocycles. The number of aromatic nitrogens is 3. The van der Waals surface area contributed by atoms with Crippen molar-refractivity contribution < 1.29 is 28.2 Å². The summed E-state index contributed by atoms with van der Waals surface area (Å²) in [5.41, 5.74) is 1.24. The first-order valence-electron chi connectivity index (χ1n) is 10.9. The summed E-state index contributed by atoms with van der Waals surface area (Å²) in [6.45, 7) is 4.00. The van der Waals surface area contributed by atoms with Crippen molar-refractivity contribution in [2.24, 2.45) is 0 Å². The molecule has 0 aliphatic rings. The fourth-order valence-corrected chi connectivity index (χ4v) is 3.88. The van der Waals surface area contributed by atoms with E-state index in [2.05, 4.69) is 15.0 Å². The van der Waals surface area contributed by atoms with Gasteiger partial charge in [0.05, 0.1) is 28.7 Å². The molecule has 0 aliphatic carbocycles. The topological polar surface area (TPSA) is 140 Å². The number of ether oxygens (including phenoxy) is 1. The maximum absolute atomic E-state index is 12.0. The van der Waals surface area contributed by atoms with Crippen LogP contribution in [0.3, 0.4) is 0 Å². The third kappa shape index (κ3) is 5.66. The molecule has 0 saturated heterocycles. The number of rotatable bonds is 5. The molecule has 0 aliphatic heterocycles. The fourth-order valence-electron chi connectivity index (χ4n) is 3.24. The van der Waals surface area contributed by atoms with Crippen molar-refractivity contribution >= 4 is 15.8 Å². The van der Waals surface area contributed by atoms with Gasteiger partial charge in [-0.05, 0) is 42.5 Å². The predicted octanol–water partition coefficient (Wildman–Crippen LogP) is 4.50. The fraction of sp³-hybridized carbons (Fsp3) is 0.154. The lowest BCUT2D eigenvalue weighted by Crippen LogP contribution is -2.03. The van der Waals surface area contributed by atoms with Crippen LogP contribution in [0.15, 0.2) is 71.6 Å². The molecule has 1 heterocycles. The van der Waals surface area contributed by atoms with Gasteiger partial charge in [-0.15, -0.1) is 0 Å². The number of sulfone groups is 1.